The predicted octanol–water partition coefficient (Wildman–Crippen LogP) is 21.8. The molecule has 558 valence electrons. The number of esters is 3. The van der Waals surface area contributed by atoms with E-state index in [-0.39, 0.29) is 19.3 Å². The van der Waals surface area contributed by atoms with Crippen LogP contribution in [0.1, 0.15) is 303 Å². The molecule has 0 radical (unpaired) electrons. The maximum Gasteiger partial charge on any atom is 0.472 e. The van der Waals surface area contributed by atoms with Crippen LogP contribution in [0.25, 0.3) is 0 Å². The number of hydrogen-bond donors (Lipinski definition) is 4. The number of ether oxygens (including phenoxy) is 3. The summed E-state index contributed by atoms with van der Waals surface area (Å²) in [6.07, 6.45) is 83.8. The van der Waals surface area contributed by atoms with Crippen LogP contribution < -0.4 is 0 Å². The molecule has 0 rings (SSSR count). The Morgan fingerprint density at radius 1 is 0.299 bits per heavy atom. The van der Waals surface area contributed by atoms with Crippen molar-refractivity contribution < 1.29 is 75.8 Å². The van der Waals surface area contributed by atoms with Gasteiger partial charge in [0.2, 0.25) is 0 Å². The van der Waals surface area contributed by atoms with E-state index in [1.54, 1.807) is 0 Å². The number of rotatable bonds is 71. The molecule has 0 aliphatic rings. The maximum absolute atomic E-state index is 12.9. The molecule has 4 N–H and O–H groups in total. The van der Waals surface area contributed by atoms with Crippen LogP contribution in [0, 0.1) is 0 Å². The van der Waals surface area contributed by atoms with Crippen LogP contribution in [-0.2, 0) is 55.8 Å². The van der Waals surface area contributed by atoms with Gasteiger partial charge in [0, 0.05) is 19.3 Å². The van der Waals surface area contributed by atoms with E-state index in [4.69, 9.17) is 32.3 Å². The molecule has 97 heavy (non-hydrogen) atoms. The highest BCUT2D eigenvalue weighted by molar-refractivity contribution is 7.47. The molecule has 18 heteroatoms. The van der Waals surface area contributed by atoms with Crippen LogP contribution in [-0.4, -0.2) is 95.9 Å². The molecule has 0 fully saturated rings. The molecule has 5 atom stereocenters. The third-order valence-corrected chi connectivity index (χ3v) is 17.5. The van der Waals surface area contributed by atoms with Gasteiger partial charge in [-0.15, -0.1) is 0 Å². The van der Waals surface area contributed by atoms with Gasteiger partial charge < -0.3 is 34.2 Å². The number of phosphoric acid groups is 2. The van der Waals surface area contributed by atoms with Gasteiger partial charge in [0.05, 0.1) is 26.4 Å². The van der Waals surface area contributed by atoms with Crippen molar-refractivity contribution in [2.45, 2.75) is 322 Å². The highest BCUT2D eigenvalue weighted by atomic mass is 31.2. The van der Waals surface area contributed by atoms with Gasteiger partial charge in [-0.25, -0.2) is 9.13 Å². The summed E-state index contributed by atoms with van der Waals surface area (Å²) < 4.78 is 61.0. The van der Waals surface area contributed by atoms with Crippen LogP contribution in [0.3, 0.4) is 0 Å². The molecule has 0 amide bonds. The van der Waals surface area contributed by atoms with Crippen molar-refractivity contribution in [3.8, 4) is 0 Å². The third-order valence-electron chi connectivity index (χ3n) is 15.6. The highest BCUT2D eigenvalue weighted by Crippen LogP contribution is 2.45. The van der Waals surface area contributed by atoms with Gasteiger partial charge in [0.1, 0.15) is 25.4 Å². The Hall–Kier alpha value is -4.05. The molecular weight excluding hydrogens is 1270 g/mol. The summed E-state index contributed by atoms with van der Waals surface area (Å²) >= 11 is 0. The fraction of sp³-hybridized carbons (Fsp3) is 0.709. The van der Waals surface area contributed by atoms with Gasteiger partial charge in [-0.05, 0) is 135 Å². The largest absolute Gasteiger partial charge is 0.472 e. The number of hydrogen-bond acceptors (Lipinski definition) is 14. The van der Waals surface area contributed by atoms with Gasteiger partial charge >= 0.3 is 33.6 Å². The van der Waals surface area contributed by atoms with Crippen LogP contribution in [0.2, 0.25) is 0 Å². The summed E-state index contributed by atoms with van der Waals surface area (Å²) in [7, 11) is -9.80. The van der Waals surface area contributed by atoms with Crippen LogP contribution in [0.15, 0.2) is 122 Å². The molecule has 0 aromatic heterocycles. The topological polar surface area (TPSA) is 231 Å². The van der Waals surface area contributed by atoms with Gasteiger partial charge in [0.25, 0.3) is 0 Å². The second-order valence-corrected chi connectivity index (χ2v) is 28.0. The Balaban J connectivity index is 4.57. The number of unbranched alkanes of at least 4 members (excludes halogenated alkanes) is 28. The molecule has 0 bridgehead atoms. The van der Waals surface area contributed by atoms with Crippen LogP contribution in [0.4, 0.5) is 0 Å². The molecule has 0 aliphatic heterocycles. The van der Waals surface area contributed by atoms with Crippen molar-refractivity contribution in [1.29, 1.82) is 0 Å². The Labute approximate surface area is 589 Å². The van der Waals surface area contributed by atoms with Crippen molar-refractivity contribution in [3.63, 3.8) is 0 Å². The van der Waals surface area contributed by atoms with E-state index in [9.17, 15) is 43.5 Å². The van der Waals surface area contributed by atoms with E-state index in [0.717, 1.165) is 154 Å². The van der Waals surface area contributed by atoms with Crippen molar-refractivity contribution in [1.82, 2.24) is 0 Å². The van der Waals surface area contributed by atoms with E-state index < -0.39 is 91.5 Å². The first-order valence-electron chi connectivity index (χ1n) is 37.8. The summed E-state index contributed by atoms with van der Waals surface area (Å²) in [5.41, 5.74) is 0. The lowest BCUT2D eigenvalue weighted by molar-refractivity contribution is -0.161. The summed E-state index contributed by atoms with van der Waals surface area (Å²) in [6.45, 7) is 2.48. The Morgan fingerprint density at radius 2 is 0.546 bits per heavy atom. The zero-order valence-corrected chi connectivity index (χ0v) is 62.5. The second kappa shape index (κ2) is 71.8. The fourth-order valence-electron chi connectivity index (χ4n) is 9.87. The van der Waals surface area contributed by atoms with E-state index in [0.29, 0.717) is 19.3 Å². The lowest BCUT2D eigenvalue weighted by Crippen LogP contribution is -2.30. The predicted molar refractivity (Wildman–Crippen MR) is 399 cm³/mol. The first-order chi connectivity index (χ1) is 47.2. The zero-order valence-electron chi connectivity index (χ0n) is 60.7. The Morgan fingerprint density at radius 3 is 0.866 bits per heavy atom. The number of phosphoric ester groups is 2. The molecule has 0 aliphatic carbocycles. The number of carbonyl (C=O) groups excluding carboxylic acids is 3. The standard InChI is InChI=1S/C79H136O16P2/c1-4-7-10-13-16-19-22-25-28-30-32-33-34-35-36-37-38-39-41-43-45-47-50-53-56-59-62-65-77(82)89-68-74(80)69-91-96(85,86)92-70-75(81)71-93-97(87,88)94-73-76(95-79(84)67-64-61-58-55-52-49-44-27-24-21-18-15-12-9-6-3)72-90-78(83)66-63-60-57-54-51-48-46-42-40-31-29-26-23-20-17-14-11-8-5-2/h8,11,16-21,25-29,32-33,35-36,40,42,44,74-76,80-81H,4-7,9-10,12-15,22-24,30-31,34,37-39,41,43,45-73H2,1-3H3,(H,85,86)(H,87,88)/b11-8-,19-16-,20-17-,21-18-,28-25-,29-26-,33-32-,36-35-,42-40-,44-27-. The smallest absolute Gasteiger partial charge is 0.463 e. The highest BCUT2D eigenvalue weighted by Gasteiger charge is 2.29. The lowest BCUT2D eigenvalue weighted by atomic mass is 10.0. The molecule has 0 saturated heterocycles. The van der Waals surface area contributed by atoms with Crippen LogP contribution >= 0.6 is 15.6 Å². The van der Waals surface area contributed by atoms with Gasteiger partial charge in [0.15, 0.2) is 6.10 Å². The SMILES string of the molecule is CC/C=C\C/C=C\C/C=C\C/C=C\CCCCCCCCC(=O)OCC(COP(=O)(O)OCC(O)COP(=O)(O)OCC(O)COC(=O)CCCCCCCCCCCCC/C=C\C/C=C\C/C=C\C/C=C\CCCCC)OC(=O)CCCCCCC/C=C\C/C=C\CCCCC. The monoisotopic (exact) mass is 1400 g/mol. The normalized spacial score (nSPS) is 14.8. The first-order valence-corrected chi connectivity index (χ1v) is 40.8. The zero-order chi connectivity index (χ0) is 70.9. The van der Waals surface area contributed by atoms with E-state index in [2.05, 4.69) is 142 Å². The summed E-state index contributed by atoms with van der Waals surface area (Å²) in [6, 6.07) is 0. The van der Waals surface area contributed by atoms with Crippen molar-refractivity contribution >= 4 is 33.6 Å². The molecular formula is C79H136O16P2. The van der Waals surface area contributed by atoms with Gasteiger partial charge in [-0.3, -0.25) is 32.5 Å². The fourth-order valence-corrected chi connectivity index (χ4v) is 11.5. The van der Waals surface area contributed by atoms with Crippen LogP contribution in [0.5, 0.6) is 0 Å². The quantitative estimate of drug-likeness (QED) is 0.0146. The lowest BCUT2D eigenvalue weighted by Gasteiger charge is -2.21. The Kier molecular flexibility index (Phi) is 68.8. The molecule has 5 unspecified atom stereocenters. The average molecular weight is 1400 g/mol. The van der Waals surface area contributed by atoms with E-state index in [1.165, 1.54) is 89.9 Å². The third kappa shape index (κ3) is 73.0. The molecule has 0 spiro atoms. The number of aliphatic hydroxyl groups excluding tert-OH is 2. The van der Waals surface area contributed by atoms with Crippen molar-refractivity contribution in [3.05, 3.63) is 122 Å². The number of allylic oxidation sites excluding steroid dienone is 20. The minimum Gasteiger partial charge on any atom is -0.463 e. The second-order valence-electron chi connectivity index (χ2n) is 25.1. The van der Waals surface area contributed by atoms with Gasteiger partial charge in [-0.1, -0.05) is 271 Å². The molecule has 16 nitrogen and oxygen atoms in total. The van der Waals surface area contributed by atoms with Crippen molar-refractivity contribution in [2.75, 3.05) is 39.6 Å². The molecule has 0 aromatic carbocycles. The first kappa shape index (κ1) is 93.0. The van der Waals surface area contributed by atoms with Gasteiger partial charge in [-0.2, -0.15) is 0 Å². The number of aliphatic hydroxyl groups is 2. The average Bonchev–Trinajstić information content (AvgIpc) is 2.48. The Bertz CT molecular complexity index is 2250. The summed E-state index contributed by atoms with van der Waals surface area (Å²) in [5, 5.41) is 20.6. The number of carbonyl (C=O) groups is 3. The molecule has 0 aromatic rings. The van der Waals surface area contributed by atoms with E-state index >= 15 is 0 Å². The summed E-state index contributed by atoms with van der Waals surface area (Å²) in [5.74, 6) is -1.61. The maximum atomic E-state index is 12.9. The van der Waals surface area contributed by atoms with E-state index in [1.807, 2.05) is 0 Å². The summed E-state index contributed by atoms with van der Waals surface area (Å²) in [4.78, 5) is 58.5. The van der Waals surface area contributed by atoms with Crippen molar-refractivity contribution in [2.24, 2.45) is 0 Å². The molecule has 0 saturated carbocycles. The minimum absolute atomic E-state index is 0.0830. The molecule has 0 heterocycles. The minimum atomic E-state index is -4.94.